The van der Waals surface area contributed by atoms with Gasteiger partial charge >= 0.3 is 5.97 Å². The molecule has 0 spiro atoms. The molecule has 0 aliphatic heterocycles. The standard InChI is InChI=1S/C13H15N3O3/c1-9-3-5-11(19-2)7-12(9)16-8-10(14-15-16)4-6-13(17)18/h3,5,7-8H,4,6H2,1-2H3,(H,17,18). The number of ether oxygens (including phenoxy) is 1. The number of hydrogen-bond donors (Lipinski definition) is 1. The van der Waals surface area contributed by atoms with Crippen molar-refractivity contribution in [2.24, 2.45) is 0 Å². The lowest BCUT2D eigenvalue weighted by Gasteiger charge is -2.07. The molecule has 6 nitrogen and oxygen atoms in total. The van der Waals surface area contributed by atoms with Crippen molar-refractivity contribution in [3.63, 3.8) is 0 Å². The molecule has 6 heteroatoms. The van der Waals surface area contributed by atoms with Gasteiger partial charge in [-0.1, -0.05) is 11.3 Å². The third-order valence-electron chi connectivity index (χ3n) is 2.80. The maximum Gasteiger partial charge on any atom is 0.303 e. The molecule has 0 aliphatic carbocycles. The molecule has 0 saturated carbocycles. The van der Waals surface area contributed by atoms with E-state index in [0.717, 1.165) is 17.0 Å². The number of carbonyl (C=O) groups is 1. The molecule has 1 N–H and O–H groups in total. The van der Waals surface area contributed by atoms with Gasteiger partial charge in [-0.05, 0) is 18.6 Å². The second-order valence-corrected chi connectivity index (χ2v) is 4.20. The number of methoxy groups -OCH3 is 1. The molecular weight excluding hydrogens is 246 g/mol. The zero-order valence-corrected chi connectivity index (χ0v) is 10.8. The second-order valence-electron chi connectivity index (χ2n) is 4.20. The fraction of sp³-hybridized carbons (Fsp3) is 0.308. The summed E-state index contributed by atoms with van der Waals surface area (Å²) in [5.41, 5.74) is 2.56. The van der Waals surface area contributed by atoms with Crippen LogP contribution in [0, 0.1) is 6.92 Å². The molecule has 0 unspecified atom stereocenters. The van der Waals surface area contributed by atoms with Crippen LogP contribution in [0.4, 0.5) is 0 Å². The molecule has 0 fully saturated rings. The van der Waals surface area contributed by atoms with Crippen LogP contribution in [0.2, 0.25) is 0 Å². The minimum Gasteiger partial charge on any atom is -0.497 e. The first-order valence-corrected chi connectivity index (χ1v) is 5.88. The van der Waals surface area contributed by atoms with Crippen molar-refractivity contribution in [3.05, 3.63) is 35.7 Å². The van der Waals surface area contributed by atoms with Gasteiger partial charge in [0.2, 0.25) is 0 Å². The van der Waals surface area contributed by atoms with Gasteiger partial charge in [-0.25, -0.2) is 4.68 Å². The van der Waals surface area contributed by atoms with E-state index in [9.17, 15) is 4.79 Å². The van der Waals surface area contributed by atoms with E-state index < -0.39 is 5.97 Å². The quantitative estimate of drug-likeness (QED) is 0.884. The average molecular weight is 261 g/mol. The fourth-order valence-corrected chi connectivity index (χ4v) is 1.73. The highest BCUT2D eigenvalue weighted by Gasteiger charge is 2.08. The lowest BCUT2D eigenvalue weighted by Crippen LogP contribution is -1.99. The minimum atomic E-state index is -0.841. The Morgan fingerprint density at radius 3 is 2.95 bits per heavy atom. The van der Waals surface area contributed by atoms with Gasteiger partial charge in [-0.3, -0.25) is 4.79 Å². The Hall–Kier alpha value is -2.37. The second kappa shape index (κ2) is 5.51. The molecule has 0 radical (unpaired) electrons. The number of benzene rings is 1. The van der Waals surface area contributed by atoms with E-state index >= 15 is 0 Å². The summed E-state index contributed by atoms with van der Waals surface area (Å²) in [5.74, 6) is -0.102. The van der Waals surface area contributed by atoms with Gasteiger partial charge in [-0.2, -0.15) is 0 Å². The summed E-state index contributed by atoms with van der Waals surface area (Å²) in [4.78, 5) is 10.5. The highest BCUT2D eigenvalue weighted by atomic mass is 16.5. The predicted octanol–water partition coefficient (Wildman–Crippen LogP) is 1.60. The van der Waals surface area contributed by atoms with Gasteiger partial charge in [-0.15, -0.1) is 5.10 Å². The van der Waals surface area contributed by atoms with Crippen LogP contribution in [-0.2, 0) is 11.2 Å². The Labute approximate surface area is 110 Å². The van der Waals surface area contributed by atoms with Crippen LogP contribution >= 0.6 is 0 Å². The number of aryl methyl sites for hydroxylation is 2. The van der Waals surface area contributed by atoms with Crippen LogP contribution in [0.15, 0.2) is 24.4 Å². The van der Waals surface area contributed by atoms with Gasteiger partial charge in [0.25, 0.3) is 0 Å². The van der Waals surface area contributed by atoms with Crippen LogP contribution in [0.1, 0.15) is 17.7 Å². The van der Waals surface area contributed by atoms with Gasteiger partial charge in [0, 0.05) is 12.5 Å². The normalized spacial score (nSPS) is 10.4. The van der Waals surface area contributed by atoms with E-state index in [1.165, 1.54) is 0 Å². The summed E-state index contributed by atoms with van der Waals surface area (Å²) >= 11 is 0. The highest BCUT2D eigenvalue weighted by Crippen LogP contribution is 2.20. The summed E-state index contributed by atoms with van der Waals surface area (Å²) in [7, 11) is 1.61. The smallest absolute Gasteiger partial charge is 0.303 e. The largest absolute Gasteiger partial charge is 0.497 e. The number of rotatable bonds is 5. The lowest BCUT2D eigenvalue weighted by atomic mass is 10.2. The van der Waals surface area contributed by atoms with Crippen LogP contribution in [0.25, 0.3) is 5.69 Å². The van der Waals surface area contributed by atoms with E-state index in [1.807, 2.05) is 25.1 Å². The zero-order valence-electron chi connectivity index (χ0n) is 10.8. The first kappa shape index (κ1) is 13.1. The maximum absolute atomic E-state index is 10.5. The number of carboxylic acid groups (broad SMARTS) is 1. The molecule has 1 aromatic carbocycles. The Bertz CT molecular complexity index is 593. The minimum absolute atomic E-state index is 0.0514. The Kier molecular flexibility index (Phi) is 3.79. The van der Waals surface area contributed by atoms with Crippen molar-refractivity contribution >= 4 is 5.97 Å². The third kappa shape index (κ3) is 3.09. The van der Waals surface area contributed by atoms with E-state index in [-0.39, 0.29) is 6.42 Å². The van der Waals surface area contributed by atoms with E-state index in [4.69, 9.17) is 9.84 Å². The third-order valence-corrected chi connectivity index (χ3v) is 2.80. The monoisotopic (exact) mass is 261 g/mol. The number of carboxylic acids is 1. The van der Waals surface area contributed by atoms with E-state index in [1.54, 1.807) is 18.0 Å². The maximum atomic E-state index is 10.5. The van der Waals surface area contributed by atoms with E-state index in [0.29, 0.717) is 12.1 Å². The molecule has 0 bridgehead atoms. The molecule has 100 valence electrons. The van der Waals surface area contributed by atoms with Crippen molar-refractivity contribution in [3.8, 4) is 11.4 Å². The van der Waals surface area contributed by atoms with Crippen LogP contribution < -0.4 is 4.74 Å². The molecule has 0 amide bonds. The van der Waals surface area contributed by atoms with Gasteiger partial charge in [0.15, 0.2) is 0 Å². The Morgan fingerprint density at radius 2 is 2.26 bits per heavy atom. The molecule has 2 aromatic rings. The number of aromatic nitrogens is 3. The zero-order chi connectivity index (χ0) is 13.8. The first-order chi connectivity index (χ1) is 9.10. The number of nitrogens with zero attached hydrogens (tertiary/aromatic N) is 3. The molecule has 0 aliphatic rings. The summed E-state index contributed by atoms with van der Waals surface area (Å²) in [5, 5.41) is 16.6. The summed E-state index contributed by atoms with van der Waals surface area (Å²) in [6, 6.07) is 5.68. The molecule has 1 heterocycles. The summed E-state index contributed by atoms with van der Waals surface area (Å²) in [6.45, 7) is 1.97. The fourth-order valence-electron chi connectivity index (χ4n) is 1.73. The molecular formula is C13H15N3O3. The Balaban J connectivity index is 2.24. The van der Waals surface area contributed by atoms with Crippen LogP contribution in [-0.4, -0.2) is 33.2 Å². The summed E-state index contributed by atoms with van der Waals surface area (Å²) < 4.78 is 6.81. The van der Waals surface area contributed by atoms with Crippen LogP contribution in [0.5, 0.6) is 5.75 Å². The van der Waals surface area contributed by atoms with Crippen molar-refractivity contribution in [1.82, 2.24) is 15.0 Å². The van der Waals surface area contributed by atoms with Crippen molar-refractivity contribution in [2.75, 3.05) is 7.11 Å². The van der Waals surface area contributed by atoms with Crippen molar-refractivity contribution in [1.29, 1.82) is 0 Å². The Morgan fingerprint density at radius 1 is 1.47 bits per heavy atom. The van der Waals surface area contributed by atoms with Gasteiger partial charge in [0.05, 0.1) is 31.1 Å². The van der Waals surface area contributed by atoms with E-state index in [2.05, 4.69) is 10.3 Å². The van der Waals surface area contributed by atoms with Crippen LogP contribution in [0.3, 0.4) is 0 Å². The molecule has 0 saturated heterocycles. The molecule has 0 atom stereocenters. The highest BCUT2D eigenvalue weighted by molar-refractivity contribution is 5.66. The number of hydrogen-bond acceptors (Lipinski definition) is 4. The van der Waals surface area contributed by atoms with Crippen molar-refractivity contribution < 1.29 is 14.6 Å². The van der Waals surface area contributed by atoms with Crippen molar-refractivity contribution in [2.45, 2.75) is 19.8 Å². The topological polar surface area (TPSA) is 77.2 Å². The lowest BCUT2D eigenvalue weighted by molar-refractivity contribution is -0.136. The average Bonchev–Trinajstić information content (AvgIpc) is 2.85. The molecule has 2 rings (SSSR count). The molecule has 19 heavy (non-hydrogen) atoms. The molecule has 1 aromatic heterocycles. The van der Waals surface area contributed by atoms with Gasteiger partial charge < -0.3 is 9.84 Å². The number of aliphatic carboxylic acids is 1. The SMILES string of the molecule is COc1ccc(C)c(-n2cc(CCC(=O)O)nn2)c1. The summed E-state index contributed by atoms with van der Waals surface area (Å²) in [6.07, 6.45) is 2.17. The predicted molar refractivity (Wildman–Crippen MR) is 68.6 cm³/mol. The first-order valence-electron chi connectivity index (χ1n) is 5.88. The van der Waals surface area contributed by atoms with Gasteiger partial charge in [0.1, 0.15) is 5.75 Å².